The van der Waals surface area contributed by atoms with E-state index in [1.54, 1.807) is 24.7 Å². The van der Waals surface area contributed by atoms with Gasteiger partial charge in [-0.05, 0) is 6.07 Å². The lowest BCUT2D eigenvalue weighted by atomic mass is 10.5. The van der Waals surface area contributed by atoms with E-state index in [0.29, 0.717) is 20.8 Å². The highest BCUT2D eigenvalue weighted by molar-refractivity contribution is 7.99. The fourth-order valence-corrected chi connectivity index (χ4v) is 2.31. The third-order valence-corrected chi connectivity index (χ3v) is 3.48. The summed E-state index contributed by atoms with van der Waals surface area (Å²) in [5.74, 6) is 0.320. The maximum atomic E-state index is 6.00. The second-order valence-electron chi connectivity index (χ2n) is 2.80. The molecule has 0 amide bonds. The maximum absolute atomic E-state index is 6.00. The van der Waals surface area contributed by atoms with Gasteiger partial charge in [0, 0.05) is 17.3 Å². The minimum Gasteiger partial charge on any atom is -0.384 e. The SMILES string of the molecule is Nc1cc(Sc2cnccn2)c(Cl)c(Cl)n1. The first-order chi connectivity index (χ1) is 7.66. The molecule has 0 aromatic carbocycles. The summed E-state index contributed by atoms with van der Waals surface area (Å²) in [7, 11) is 0. The Kier molecular flexibility index (Phi) is 3.48. The number of hydrogen-bond acceptors (Lipinski definition) is 5. The van der Waals surface area contributed by atoms with E-state index >= 15 is 0 Å². The van der Waals surface area contributed by atoms with Crippen molar-refractivity contribution >= 4 is 40.8 Å². The van der Waals surface area contributed by atoms with Crippen molar-refractivity contribution in [2.75, 3.05) is 5.73 Å². The van der Waals surface area contributed by atoms with Crippen molar-refractivity contribution in [3.05, 3.63) is 34.8 Å². The standard InChI is InChI=1S/C9H6Cl2N4S/c10-8-5(3-6(12)15-9(8)11)16-7-4-13-1-2-14-7/h1-4H,(H2,12,15). The number of nitrogen functional groups attached to an aromatic ring is 1. The number of nitrogens with two attached hydrogens (primary N) is 1. The van der Waals surface area contributed by atoms with Crippen LogP contribution in [0.4, 0.5) is 5.82 Å². The Morgan fingerprint density at radius 1 is 1.25 bits per heavy atom. The quantitative estimate of drug-likeness (QED) is 0.852. The first kappa shape index (κ1) is 11.4. The Hall–Kier alpha value is -1.04. The molecule has 0 atom stereocenters. The first-order valence-corrected chi connectivity index (χ1v) is 5.79. The van der Waals surface area contributed by atoms with Crippen LogP contribution in [-0.4, -0.2) is 15.0 Å². The third kappa shape index (κ3) is 2.55. The number of pyridine rings is 1. The van der Waals surface area contributed by atoms with E-state index in [-0.39, 0.29) is 5.15 Å². The summed E-state index contributed by atoms with van der Waals surface area (Å²) in [6.45, 7) is 0. The minimum absolute atomic E-state index is 0.188. The molecule has 0 aliphatic heterocycles. The Balaban J connectivity index is 2.35. The average Bonchev–Trinajstić information content (AvgIpc) is 2.27. The molecule has 4 nitrogen and oxygen atoms in total. The summed E-state index contributed by atoms with van der Waals surface area (Å²) in [4.78, 5) is 12.6. The molecular weight excluding hydrogens is 267 g/mol. The van der Waals surface area contributed by atoms with Gasteiger partial charge >= 0.3 is 0 Å². The summed E-state index contributed by atoms with van der Waals surface area (Å²) in [6, 6.07) is 1.65. The van der Waals surface area contributed by atoms with Gasteiger partial charge < -0.3 is 5.73 Å². The zero-order chi connectivity index (χ0) is 11.5. The van der Waals surface area contributed by atoms with Crippen LogP contribution in [0, 0.1) is 0 Å². The van der Waals surface area contributed by atoms with Gasteiger partial charge in [-0.3, -0.25) is 4.98 Å². The van der Waals surface area contributed by atoms with Crippen LogP contribution < -0.4 is 5.73 Å². The zero-order valence-electron chi connectivity index (χ0n) is 7.89. The smallest absolute Gasteiger partial charge is 0.151 e. The van der Waals surface area contributed by atoms with Crippen LogP contribution in [0.5, 0.6) is 0 Å². The van der Waals surface area contributed by atoms with Gasteiger partial charge in [0.1, 0.15) is 10.8 Å². The van der Waals surface area contributed by atoms with Crippen LogP contribution in [0.3, 0.4) is 0 Å². The molecule has 0 saturated heterocycles. The van der Waals surface area contributed by atoms with E-state index in [4.69, 9.17) is 28.9 Å². The van der Waals surface area contributed by atoms with E-state index in [1.165, 1.54) is 11.8 Å². The molecule has 2 aromatic rings. The molecule has 2 heterocycles. The molecule has 0 aliphatic carbocycles. The van der Waals surface area contributed by atoms with Crippen LogP contribution in [0.1, 0.15) is 0 Å². The summed E-state index contributed by atoms with van der Waals surface area (Å²) >= 11 is 13.1. The molecule has 2 N–H and O–H groups in total. The lowest BCUT2D eigenvalue weighted by molar-refractivity contribution is 1.05. The number of hydrogen-bond donors (Lipinski definition) is 1. The number of aromatic nitrogens is 3. The Bertz CT molecular complexity index is 506. The lowest BCUT2D eigenvalue weighted by Gasteiger charge is -2.05. The molecule has 16 heavy (non-hydrogen) atoms. The monoisotopic (exact) mass is 272 g/mol. The maximum Gasteiger partial charge on any atom is 0.151 e. The molecule has 0 radical (unpaired) electrons. The van der Waals surface area contributed by atoms with Crippen LogP contribution in [-0.2, 0) is 0 Å². The van der Waals surface area contributed by atoms with Gasteiger partial charge in [0.15, 0.2) is 5.15 Å². The molecule has 0 spiro atoms. The molecule has 0 aliphatic rings. The summed E-state index contributed by atoms with van der Waals surface area (Å²) in [6.07, 6.45) is 4.83. The zero-order valence-corrected chi connectivity index (χ0v) is 10.2. The van der Waals surface area contributed by atoms with Crippen LogP contribution in [0.25, 0.3) is 0 Å². The topological polar surface area (TPSA) is 64.7 Å². The number of halogens is 2. The van der Waals surface area contributed by atoms with Gasteiger partial charge in [-0.15, -0.1) is 0 Å². The second-order valence-corrected chi connectivity index (χ2v) is 4.59. The molecule has 0 saturated carbocycles. The number of anilines is 1. The van der Waals surface area contributed by atoms with Gasteiger partial charge in [-0.1, -0.05) is 35.0 Å². The van der Waals surface area contributed by atoms with E-state index in [1.807, 2.05) is 0 Å². The first-order valence-electron chi connectivity index (χ1n) is 4.22. The number of nitrogens with zero attached hydrogens (tertiary/aromatic N) is 3. The third-order valence-electron chi connectivity index (χ3n) is 1.66. The van der Waals surface area contributed by atoms with Crippen LogP contribution in [0.2, 0.25) is 10.2 Å². The van der Waals surface area contributed by atoms with Crippen molar-refractivity contribution in [1.82, 2.24) is 15.0 Å². The van der Waals surface area contributed by atoms with Crippen molar-refractivity contribution in [3.63, 3.8) is 0 Å². The molecule has 0 unspecified atom stereocenters. The molecular formula is C9H6Cl2N4S. The molecule has 0 bridgehead atoms. The molecule has 82 valence electrons. The van der Waals surface area contributed by atoms with Crippen molar-refractivity contribution in [2.45, 2.75) is 9.92 Å². The van der Waals surface area contributed by atoms with Crippen molar-refractivity contribution < 1.29 is 0 Å². The minimum atomic E-state index is 0.188. The van der Waals surface area contributed by atoms with Crippen molar-refractivity contribution in [1.29, 1.82) is 0 Å². The second kappa shape index (κ2) is 4.86. The summed E-state index contributed by atoms with van der Waals surface area (Å²) in [5.41, 5.74) is 5.58. The highest BCUT2D eigenvalue weighted by Crippen LogP contribution is 2.36. The van der Waals surface area contributed by atoms with E-state index in [2.05, 4.69) is 15.0 Å². The Morgan fingerprint density at radius 2 is 2.06 bits per heavy atom. The predicted molar refractivity (Wildman–Crippen MR) is 64.8 cm³/mol. The number of rotatable bonds is 2. The van der Waals surface area contributed by atoms with Gasteiger partial charge in [0.05, 0.1) is 11.2 Å². The summed E-state index contributed by atoms with van der Waals surface area (Å²) < 4.78 is 0. The van der Waals surface area contributed by atoms with Crippen LogP contribution in [0.15, 0.2) is 34.6 Å². The highest BCUT2D eigenvalue weighted by atomic mass is 35.5. The van der Waals surface area contributed by atoms with Gasteiger partial charge in [-0.25, -0.2) is 9.97 Å². The van der Waals surface area contributed by atoms with E-state index in [0.717, 1.165) is 0 Å². The molecule has 2 rings (SSSR count). The van der Waals surface area contributed by atoms with E-state index < -0.39 is 0 Å². The normalized spacial score (nSPS) is 10.4. The fourth-order valence-electron chi connectivity index (χ4n) is 1.02. The average molecular weight is 273 g/mol. The highest BCUT2D eigenvalue weighted by Gasteiger charge is 2.10. The predicted octanol–water partition coefficient (Wildman–Crippen LogP) is 2.91. The summed E-state index contributed by atoms with van der Waals surface area (Å²) in [5, 5.41) is 1.27. The lowest BCUT2D eigenvalue weighted by Crippen LogP contribution is -1.92. The molecule has 2 aromatic heterocycles. The van der Waals surface area contributed by atoms with E-state index in [9.17, 15) is 0 Å². The molecule has 7 heteroatoms. The van der Waals surface area contributed by atoms with Gasteiger partial charge in [-0.2, -0.15) is 0 Å². The van der Waals surface area contributed by atoms with Crippen molar-refractivity contribution in [3.8, 4) is 0 Å². The van der Waals surface area contributed by atoms with Crippen LogP contribution >= 0.6 is 35.0 Å². The van der Waals surface area contributed by atoms with Gasteiger partial charge in [0.2, 0.25) is 0 Å². The molecule has 0 fully saturated rings. The van der Waals surface area contributed by atoms with Crippen molar-refractivity contribution in [2.24, 2.45) is 0 Å². The Labute approximate surface area is 106 Å². The largest absolute Gasteiger partial charge is 0.384 e. The Morgan fingerprint density at radius 3 is 2.75 bits per heavy atom. The fraction of sp³-hybridized carbons (Fsp3) is 0. The van der Waals surface area contributed by atoms with Gasteiger partial charge in [0.25, 0.3) is 0 Å².